The fraction of sp³-hybridized carbons (Fsp3) is 0.441. The van der Waals surface area contributed by atoms with E-state index in [1.165, 1.54) is 20.3 Å². The molecular formula is C34H45FN8O5S. The molecule has 49 heavy (non-hydrogen) atoms. The van der Waals surface area contributed by atoms with Gasteiger partial charge in [-0.3, -0.25) is 9.67 Å². The summed E-state index contributed by atoms with van der Waals surface area (Å²) in [7, 11) is 2.22. The van der Waals surface area contributed by atoms with E-state index in [9.17, 15) is 5.11 Å². The highest BCUT2D eigenvalue weighted by atomic mass is 32.3. The van der Waals surface area contributed by atoms with Gasteiger partial charge < -0.3 is 33.5 Å². The van der Waals surface area contributed by atoms with Gasteiger partial charge in [0.25, 0.3) is 0 Å². The Bertz CT molecular complexity index is 1840. The summed E-state index contributed by atoms with van der Waals surface area (Å²) < 4.78 is 41.9. The monoisotopic (exact) mass is 696 g/mol. The third-order valence-electron chi connectivity index (χ3n) is 7.53. The van der Waals surface area contributed by atoms with Crippen molar-refractivity contribution in [2.75, 3.05) is 56.9 Å². The Kier molecular flexibility index (Phi) is 11.7. The molecule has 4 aromatic heterocycles. The zero-order valence-electron chi connectivity index (χ0n) is 29.0. The normalized spacial score (nSPS) is 12.9. The predicted octanol–water partition coefficient (Wildman–Crippen LogP) is 5.03. The third-order valence-corrected chi connectivity index (χ3v) is 8.92. The molecule has 1 N–H and O–H groups in total. The lowest BCUT2D eigenvalue weighted by molar-refractivity contribution is -0.00201. The molecule has 0 amide bonds. The third kappa shape index (κ3) is 9.44. The number of aliphatic hydroxyl groups excluding tert-OH is 1. The second-order valence-corrected chi connectivity index (χ2v) is 17.2. The van der Waals surface area contributed by atoms with Gasteiger partial charge in [0.1, 0.15) is 29.6 Å². The van der Waals surface area contributed by atoms with Crippen LogP contribution >= 0.6 is 10.0 Å². The van der Waals surface area contributed by atoms with Crippen LogP contribution in [-0.4, -0.2) is 104 Å². The molecule has 0 aliphatic carbocycles. The quantitative estimate of drug-likeness (QED) is 0.131. The number of hydrogen-bond acceptors (Lipinski definition) is 11. The van der Waals surface area contributed by atoms with Gasteiger partial charge in [0, 0.05) is 42.0 Å². The summed E-state index contributed by atoms with van der Waals surface area (Å²) in [4.78, 5) is 20.5. The SMILES string of the molecule is COc1cc(OC)c(F)c(N(Cc2nccn2COCCS(C)(C)C)c2ccc3ncc(-c4cnn(CC(O)COC(C)C)c4)nc3n2)c1. The van der Waals surface area contributed by atoms with Gasteiger partial charge in [0.2, 0.25) is 0 Å². The minimum absolute atomic E-state index is 0.0198. The van der Waals surface area contributed by atoms with Crippen LogP contribution in [0.4, 0.5) is 15.9 Å². The maximum atomic E-state index is 16.0. The molecule has 264 valence electrons. The van der Waals surface area contributed by atoms with Crippen molar-refractivity contribution in [3.05, 3.63) is 66.9 Å². The minimum atomic E-state index is -0.713. The van der Waals surface area contributed by atoms with E-state index in [0.29, 0.717) is 53.2 Å². The average molecular weight is 697 g/mol. The van der Waals surface area contributed by atoms with E-state index in [1.807, 2.05) is 24.6 Å². The first kappa shape index (κ1) is 36.0. The van der Waals surface area contributed by atoms with Crippen molar-refractivity contribution in [2.45, 2.75) is 45.9 Å². The molecule has 0 aliphatic rings. The van der Waals surface area contributed by atoms with Gasteiger partial charge in [-0.25, -0.2) is 29.4 Å². The molecule has 15 heteroatoms. The molecule has 0 bridgehead atoms. The number of halogens is 1. The van der Waals surface area contributed by atoms with Crippen LogP contribution in [-0.2, 0) is 29.3 Å². The summed E-state index contributed by atoms with van der Waals surface area (Å²) in [5.74, 6) is 1.88. The van der Waals surface area contributed by atoms with Crippen LogP contribution in [0.25, 0.3) is 22.4 Å². The Labute approximate surface area is 287 Å². The molecule has 5 rings (SSSR count). The fourth-order valence-corrected chi connectivity index (χ4v) is 5.50. The van der Waals surface area contributed by atoms with Gasteiger partial charge in [-0.05, 0) is 44.7 Å². The summed E-state index contributed by atoms with van der Waals surface area (Å²) in [6.07, 6.45) is 14.7. The number of aromatic nitrogens is 7. The molecule has 13 nitrogen and oxygen atoms in total. The van der Waals surface area contributed by atoms with Crippen molar-refractivity contribution in [1.29, 1.82) is 0 Å². The largest absolute Gasteiger partial charge is 0.497 e. The Hall–Kier alpha value is -4.31. The number of aliphatic hydroxyl groups is 1. The van der Waals surface area contributed by atoms with Gasteiger partial charge in [0.05, 0.1) is 76.5 Å². The van der Waals surface area contributed by atoms with E-state index in [1.54, 1.807) is 52.6 Å². The summed E-state index contributed by atoms with van der Waals surface area (Å²) in [6.45, 7) is 5.38. The maximum absolute atomic E-state index is 16.0. The zero-order chi connectivity index (χ0) is 35.1. The van der Waals surface area contributed by atoms with E-state index in [4.69, 9.17) is 28.9 Å². The van der Waals surface area contributed by atoms with Gasteiger partial charge in [-0.2, -0.15) is 5.10 Å². The number of anilines is 2. The van der Waals surface area contributed by atoms with Crippen LogP contribution in [0.5, 0.6) is 11.5 Å². The van der Waals surface area contributed by atoms with Crippen LogP contribution in [0, 0.1) is 5.82 Å². The van der Waals surface area contributed by atoms with Crippen LogP contribution in [0.3, 0.4) is 0 Å². The van der Waals surface area contributed by atoms with Crippen LogP contribution < -0.4 is 14.4 Å². The molecule has 5 aromatic rings. The summed E-state index contributed by atoms with van der Waals surface area (Å²) in [5.41, 5.74) is 2.33. The average Bonchev–Trinajstić information content (AvgIpc) is 3.73. The Morgan fingerprint density at radius 3 is 2.59 bits per heavy atom. The summed E-state index contributed by atoms with van der Waals surface area (Å²) in [6, 6.07) is 6.63. The molecule has 0 aliphatic heterocycles. The Balaban J connectivity index is 1.47. The van der Waals surface area contributed by atoms with Crippen molar-refractivity contribution in [1.82, 2.24) is 34.3 Å². The first-order valence-corrected chi connectivity index (χ1v) is 18.9. The second-order valence-electron chi connectivity index (χ2n) is 12.6. The number of methoxy groups -OCH3 is 2. The highest BCUT2D eigenvalue weighted by molar-refractivity contribution is 8.32. The number of ether oxygens (including phenoxy) is 4. The molecule has 0 radical (unpaired) electrons. The van der Waals surface area contributed by atoms with Crippen molar-refractivity contribution in [2.24, 2.45) is 0 Å². The number of nitrogens with zero attached hydrogens (tertiary/aromatic N) is 8. The molecule has 0 fully saturated rings. The second kappa shape index (κ2) is 15.9. The van der Waals surface area contributed by atoms with Crippen molar-refractivity contribution < 1.29 is 28.4 Å². The van der Waals surface area contributed by atoms with E-state index in [0.717, 1.165) is 5.75 Å². The molecular weight excluding hydrogens is 651 g/mol. The molecule has 1 unspecified atom stereocenters. The molecule has 4 heterocycles. The first-order chi connectivity index (χ1) is 23.4. The fourth-order valence-electron chi connectivity index (χ4n) is 4.88. The van der Waals surface area contributed by atoms with Crippen molar-refractivity contribution in [3.63, 3.8) is 0 Å². The number of hydrogen-bond donors (Lipinski definition) is 1. The van der Waals surface area contributed by atoms with Gasteiger partial charge in [-0.1, -0.05) is 0 Å². The minimum Gasteiger partial charge on any atom is -0.497 e. The van der Waals surface area contributed by atoms with E-state index in [2.05, 4.69) is 33.8 Å². The van der Waals surface area contributed by atoms with Crippen molar-refractivity contribution in [3.8, 4) is 22.8 Å². The van der Waals surface area contributed by atoms with E-state index in [-0.39, 0.29) is 37.2 Å². The van der Waals surface area contributed by atoms with E-state index < -0.39 is 21.9 Å². The molecule has 1 aromatic carbocycles. The number of benzene rings is 1. The lowest BCUT2D eigenvalue weighted by Crippen LogP contribution is -2.24. The standard InChI is InChI=1S/C34H45FN8O5S/c1-23(2)48-21-25(44)19-42-18-24(16-38-42)28-17-37-27-8-9-31(40-34(27)39-28)43(29-14-26(45-3)15-30(46-4)33(29)35)20-32-36-10-11-41(32)22-47-12-13-49(5,6)7/h8-11,14-18,23,25,44H,12-13,19-22H2,1-7H3. The highest BCUT2D eigenvalue weighted by Crippen LogP contribution is 2.37. The van der Waals surface area contributed by atoms with Crippen LogP contribution in [0.1, 0.15) is 19.7 Å². The van der Waals surface area contributed by atoms with Gasteiger partial charge in [-0.15, -0.1) is 0 Å². The molecule has 0 saturated carbocycles. The summed E-state index contributed by atoms with van der Waals surface area (Å²) in [5, 5.41) is 14.7. The van der Waals surface area contributed by atoms with Crippen LogP contribution in [0.15, 0.2) is 55.2 Å². The van der Waals surface area contributed by atoms with E-state index >= 15 is 4.39 Å². The first-order valence-electron chi connectivity index (χ1n) is 15.8. The zero-order valence-corrected chi connectivity index (χ0v) is 29.9. The number of rotatable bonds is 17. The topological polar surface area (TPSA) is 135 Å². The van der Waals surface area contributed by atoms with Crippen molar-refractivity contribution >= 4 is 32.7 Å². The molecule has 1 atom stereocenters. The molecule has 0 spiro atoms. The predicted molar refractivity (Wildman–Crippen MR) is 189 cm³/mol. The summed E-state index contributed by atoms with van der Waals surface area (Å²) >= 11 is 0. The maximum Gasteiger partial charge on any atom is 0.188 e. The smallest absolute Gasteiger partial charge is 0.188 e. The van der Waals surface area contributed by atoms with Gasteiger partial charge >= 0.3 is 0 Å². The van der Waals surface area contributed by atoms with Gasteiger partial charge in [0.15, 0.2) is 17.2 Å². The molecule has 0 saturated heterocycles. The van der Waals surface area contributed by atoms with Crippen LogP contribution in [0.2, 0.25) is 0 Å². The number of fused-ring (bicyclic) bond motifs is 1. The number of imidazole rings is 1. The number of pyridine rings is 1. The Morgan fingerprint density at radius 2 is 1.86 bits per heavy atom. The highest BCUT2D eigenvalue weighted by Gasteiger charge is 2.23. The lowest BCUT2D eigenvalue weighted by Gasteiger charge is -2.26. The Morgan fingerprint density at radius 1 is 1.04 bits per heavy atom. The lowest BCUT2D eigenvalue weighted by atomic mass is 10.2.